The van der Waals surface area contributed by atoms with Crippen molar-refractivity contribution in [2.75, 3.05) is 11.4 Å². The van der Waals surface area contributed by atoms with Gasteiger partial charge >= 0.3 is 5.97 Å². The number of nitrogens with zero attached hydrogens (tertiary/aromatic N) is 2. The summed E-state index contributed by atoms with van der Waals surface area (Å²) in [6, 6.07) is 0. The Hall–Kier alpha value is -1.76. The molecule has 1 amide bonds. The third-order valence-electron chi connectivity index (χ3n) is 1.92. The fourth-order valence-electron chi connectivity index (χ4n) is 1.25. The van der Waals surface area contributed by atoms with Gasteiger partial charge in [-0.25, -0.2) is 9.78 Å². The maximum absolute atomic E-state index is 11.3. The maximum atomic E-state index is 11.3. The Balaban J connectivity index is 2.26. The van der Waals surface area contributed by atoms with Crippen molar-refractivity contribution >= 4 is 34.1 Å². The molecule has 78 valence electrons. The average Bonchev–Trinajstić information content (AvgIpc) is 2.71. The van der Waals surface area contributed by atoms with Gasteiger partial charge in [-0.05, 0) is 0 Å². The Morgan fingerprint density at radius 3 is 2.73 bits per heavy atom. The molecule has 0 spiro atoms. The molecule has 1 aromatic heterocycles. The lowest BCUT2D eigenvalue weighted by Crippen LogP contribution is -2.24. The lowest BCUT2D eigenvalue weighted by molar-refractivity contribution is -0.121. The van der Waals surface area contributed by atoms with Crippen LogP contribution in [0.3, 0.4) is 0 Å². The zero-order valence-corrected chi connectivity index (χ0v) is 8.28. The van der Waals surface area contributed by atoms with Gasteiger partial charge in [-0.3, -0.25) is 14.5 Å². The van der Waals surface area contributed by atoms with Gasteiger partial charge in [-0.15, -0.1) is 0 Å². The summed E-state index contributed by atoms with van der Waals surface area (Å²) in [6.45, 7) is -0.00853. The molecular weight excluding hydrogens is 220 g/mol. The molecule has 1 fully saturated rings. The van der Waals surface area contributed by atoms with Crippen molar-refractivity contribution in [1.29, 1.82) is 0 Å². The van der Waals surface area contributed by atoms with E-state index >= 15 is 0 Å². The van der Waals surface area contributed by atoms with Gasteiger partial charge in [0.25, 0.3) is 0 Å². The van der Waals surface area contributed by atoms with Crippen LogP contribution in [0.25, 0.3) is 0 Å². The first-order valence-corrected chi connectivity index (χ1v) is 4.91. The molecule has 0 bridgehead atoms. The van der Waals surface area contributed by atoms with Crippen molar-refractivity contribution < 1.29 is 19.5 Å². The van der Waals surface area contributed by atoms with Crippen LogP contribution in [0.15, 0.2) is 6.20 Å². The molecule has 0 saturated carbocycles. The second kappa shape index (κ2) is 3.43. The molecule has 7 heteroatoms. The van der Waals surface area contributed by atoms with Crippen LogP contribution in [-0.4, -0.2) is 34.3 Å². The number of ketones is 1. The van der Waals surface area contributed by atoms with Crippen molar-refractivity contribution in [2.45, 2.75) is 6.42 Å². The third-order valence-corrected chi connectivity index (χ3v) is 2.93. The minimum absolute atomic E-state index is 0.00853. The van der Waals surface area contributed by atoms with E-state index in [0.29, 0.717) is 0 Å². The van der Waals surface area contributed by atoms with Crippen molar-refractivity contribution in [3.8, 4) is 0 Å². The fourth-order valence-corrected chi connectivity index (χ4v) is 2.02. The predicted octanol–water partition coefficient (Wildman–Crippen LogP) is 0.147. The highest BCUT2D eigenvalue weighted by Gasteiger charge is 2.30. The molecule has 15 heavy (non-hydrogen) atoms. The largest absolute Gasteiger partial charge is 0.477 e. The quantitative estimate of drug-likeness (QED) is 0.725. The second-order valence-electron chi connectivity index (χ2n) is 3.01. The van der Waals surface area contributed by atoms with E-state index in [1.165, 1.54) is 11.1 Å². The van der Waals surface area contributed by atoms with Crippen LogP contribution in [0.5, 0.6) is 0 Å². The lowest BCUT2D eigenvalue weighted by atomic mass is 10.3. The van der Waals surface area contributed by atoms with E-state index in [0.717, 1.165) is 11.3 Å². The van der Waals surface area contributed by atoms with Crippen LogP contribution < -0.4 is 4.90 Å². The first-order chi connectivity index (χ1) is 7.08. The standard InChI is InChI=1S/C8H6N2O4S/c11-4-1-6(12)10(3-4)8-9-2-5(15-8)7(13)14/h2H,1,3H2,(H,13,14). The third kappa shape index (κ3) is 1.73. The Morgan fingerprint density at radius 2 is 2.27 bits per heavy atom. The highest BCUT2D eigenvalue weighted by atomic mass is 32.1. The molecule has 6 nitrogen and oxygen atoms in total. The summed E-state index contributed by atoms with van der Waals surface area (Å²) in [5.41, 5.74) is 0. The van der Waals surface area contributed by atoms with Gasteiger partial charge in [0.05, 0.1) is 19.2 Å². The minimum Gasteiger partial charge on any atom is -0.477 e. The number of Topliss-reactive ketones (excluding diaryl/α,β-unsaturated/α-hetero) is 1. The molecule has 1 aliphatic rings. The number of aromatic nitrogens is 1. The van der Waals surface area contributed by atoms with Crippen molar-refractivity contribution in [3.63, 3.8) is 0 Å². The van der Waals surface area contributed by atoms with Crippen molar-refractivity contribution in [2.24, 2.45) is 0 Å². The van der Waals surface area contributed by atoms with Gasteiger partial charge in [0, 0.05) is 0 Å². The van der Waals surface area contributed by atoms with Crippen LogP contribution in [0.4, 0.5) is 5.13 Å². The highest BCUT2D eigenvalue weighted by Crippen LogP contribution is 2.25. The van der Waals surface area contributed by atoms with Gasteiger partial charge < -0.3 is 5.11 Å². The van der Waals surface area contributed by atoms with Crippen molar-refractivity contribution in [3.05, 3.63) is 11.1 Å². The topological polar surface area (TPSA) is 87.6 Å². The molecule has 0 unspecified atom stereocenters. The fraction of sp³-hybridized carbons (Fsp3) is 0.250. The number of carbonyl (C=O) groups is 3. The lowest BCUT2D eigenvalue weighted by Gasteiger charge is -2.08. The number of carbonyl (C=O) groups excluding carboxylic acids is 2. The summed E-state index contributed by atoms with van der Waals surface area (Å²) >= 11 is 0.886. The van der Waals surface area contributed by atoms with Crippen LogP contribution in [0.1, 0.15) is 16.1 Å². The summed E-state index contributed by atoms with van der Waals surface area (Å²) in [4.78, 5) is 37.9. The molecule has 2 rings (SSSR count). The molecule has 1 saturated heterocycles. The average molecular weight is 226 g/mol. The van der Waals surface area contributed by atoms with E-state index in [4.69, 9.17) is 5.11 Å². The summed E-state index contributed by atoms with van der Waals surface area (Å²) in [5, 5.41) is 8.93. The van der Waals surface area contributed by atoms with E-state index < -0.39 is 5.97 Å². The minimum atomic E-state index is -1.09. The maximum Gasteiger partial charge on any atom is 0.347 e. The zero-order chi connectivity index (χ0) is 11.0. The summed E-state index contributed by atoms with van der Waals surface area (Å²) in [6.07, 6.45) is 1.06. The van der Waals surface area contributed by atoms with Crippen LogP contribution in [0, 0.1) is 0 Å². The summed E-state index contributed by atoms with van der Waals surface area (Å²) < 4.78 is 0. The molecule has 0 radical (unpaired) electrons. The molecule has 1 aliphatic heterocycles. The smallest absolute Gasteiger partial charge is 0.347 e. The number of rotatable bonds is 2. The molecule has 0 aliphatic carbocycles. The van der Waals surface area contributed by atoms with E-state index in [-0.39, 0.29) is 34.7 Å². The molecular formula is C8H6N2O4S. The number of anilines is 1. The second-order valence-corrected chi connectivity index (χ2v) is 4.02. The van der Waals surface area contributed by atoms with Gasteiger partial charge in [0.15, 0.2) is 10.9 Å². The van der Waals surface area contributed by atoms with Gasteiger partial charge in [0.2, 0.25) is 5.91 Å². The Labute approximate surface area is 88.1 Å². The zero-order valence-electron chi connectivity index (χ0n) is 7.47. The molecule has 0 atom stereocenters. The van der Waals surface area contributed by atoms with Gasteiger partial charge in [-0.1, -0.05) is 11.3 Å². The van der Waals surface area contributed by atoms with Gasteiger partial charge in [0.1, 0.15) is 4.88 Å². The number of carboxylic acids is 1. The Bertz CT molecular complexity index is 453. The van der Waals surface area contributed by atoms with Crippen molar-refractivity contribution in [1.82, 2.24) is 4.98 Å². The number of thiazole rings is 1. The number of carboxylic acid groups (broad SMARTS) is 1. The first-order valence-electron chi connectivity index (χ1n) is 4.09. The Kier molecular flexibility index (Phi) is 2.24. The summed E-state index contributed by atoms with van der Waals surface area (Å²) in [5.74, 6) is -1.59. The molecule has 1 N–H and O–H groups in total. The summed E-state index contributed by atoms with van der Waals surface area (Å²) in [7, 11) is 0. The normalized spacial score (nSPS) is 16.1. The number of hydrogen-bond donors (Lipinski definition) is 1. The van der Waals surface area contributed by atoms with E-state index in [9.17, 15) is 14.4 Å². The van der Waals surface area contributed by atoms with E-state index in [1.54, 1.807) is 0 Å². The number of hydrogen-bond acceptors (Lipinski definition) is 5. The van der Waals surface area contributed by atoms with Crippen LogP contribution >= 0.6 is 11.3 Å². The van der Waals surface area contributed by atoms with E-state index in [1.807, 2.05) is 0 Å². The highest BCUT2D eigenvalue weighted by molar-refractivity contribution is 7.17. The first kappa shape index (κ1) is 9.78. The number of amides is 1. The van der Waals surface area contributed by atoms with Gasteiger partial charge in [-0.2, -0.15) is 0 Å². The molecule has 0 aromatic carbocycles. The van der Waals surface area contributed by atoms with E-state index in [2.05, 4.69) is 4.98 Å². The Morgan fingerprint density at radius 1 is 1.53 bits per heavy atom. The predicted molar refractivity (Wildman–Crippen MR) is 51.1 cm³/mol. The number of aromatic carboxylic acids is 1. The SMILES string of the molecule is O=C1CC(=O)N(c2ncc(C(=O)O)s2)C1. The monoisotopic (exact) mass is 226 g/mol. The molecule has 1 aromatic rings. The molecule has 2 heterocycles. The van der Waals surface area contributed by atoms with Crippen LogP contribution in [-0.2, 0) is 9.59 Å². The van der Waals surface area contributed by atoms with Crippen LogP contribution in [0.2, 0.25) is 0 Å².